The van der Waals surface area contributed by atoms with Gasteiger partial charge in [0.05, 0.1) is 5.56 Å². The Morgan fingerprint density at radius 2 is 1.86 bits per heavy atom. The lowest BCUT2D eigenvalue weighted by molar-refractivity contribution is 0.574. The maximum absolute atomic E-state index is 12.7. The Hall–Kier alpha value is -2.98. The molecule has 3 rings (SSSR count). The first-order valence-electron chi connectivity index (χ1n) is 8.01. The van der Waals surface area contributed by atoms with Crippen molar-refractivity contribution >= 4 is 25.9 Å². The number of hydrogen-bond acceptors (Lipinski definition) is 10. The fourth-order valence-electron chi connectivity index (χ4n) is 2.69. The number of H-pyrrole nitrogens is 1. The van der Waals surface area contributed by atoms with Crippen molar-refractivity contribution in [1.29, 1.82) is 0 Å². The summed E-state index contributed by atoms with van der Waals surface area (Å²) in [6.45, 7) is -0.104. The summed E-state index contributed by atoms with van der Waals surface area (Å²) in [7, 11) is -8.86. The Kier molecular flexibility index (Phi) is 5.58. The highest BCUT2D eigenvalue weighted by Gasteiger charge is 2.32. The van der Waals surface area contributed by atoms with Crippen molar-refractivity contribution in [3.63, 3.8) is 0 Å². The molecule has 0 amide bonds. The fraction of sp³-hybridized carbons (Fsp3) is 0.143. The first kappa shape index (κ1) is 20.7. The summed E-state index contributed by atoms with van der Waals surface area (Å²) in [4.78, 5) is 2.68. The zero-order chi connectivity index (χ0) is 21.2. The Morgan fingerprint density at radius 1 is 1.10 bits per heavy atom. The SMILES string of the molecule is NCCNS(=O)(=O)c1ccc(-c2cccnc2N)c(-c2nn[nH]n2)c1S(N)(=O)=O. The first-order valence-corrected chi connectivity index (χ1v) is 11.0. The molecule has 15 heteroatoms. The van der Waals surface area contributed by atoms with Crippen LogP contribution in [0.1, 0.15) is 0 Å². The number of nitrogens with one attached hydrogen (secondary N) is 2. The Bertz CT molecular complexity index is 1240. The molecule has 3 aromatic rings. The maximum Gasteiger partial charge on any atom is 0.241 e. The van der Waals surface area contributed by atoms with E-state index in [9.17, 15) is 16.8 Å². The molecule has 0 bridgehead atoms. The quantitative estimate of drug-likeness (QED) is 0.283. The van der Waals surface area contributed by atoms with Crippen molar-refractivity contribution in [3.05, 3.63) is 30.5 Å². The number of rotatable bonds is 7. The number of benzene rings is 1. The highest BCUT2D eigenvalue weighted by atomic mass is 32.2. The average molecular weight is 439 g/mol. The summed E-state index contributed by atoms with van der Waals surface area (Å²) in [5.41, 5.74) is 11.6. The van der Waals surface area contributed by atoms with E-state index in [1.807, 2.05) is 0 Å². The van der Waals surface area contributed by atoms with Crippen LogP contribution in [-0.2, 0) is 20.0 Å². The van der Waals surface area contributed by atoms with Gasteiger partial charge in [-0.15, -0.1) is 10.2 Å². The summed E-state index contributed by atoms with van der Waals surface area (Å²) in [6.07, 6.45) is 1.45. The third kappa shape index (κ3) is 4.08. The second-order valence-electron chi connectivity index (χ2n) is 5.72. The molecule has 0 atom stereocenters. The van der Waals surface area contributed by atoms with E-state index in [4.69, 9.17) is 16.6 Å². The van der Waals surface area contributed by atoms with Crippen molar-refractivity contribution in [3.8, 4) is 22.5 Å². The van der Waals surface area contributed by atoms with E-state index in [-0.39, 0.29) is 35.9 Å². The molecule has 0 saturated heterocycles. The standard InChI is InChI=1S/C14H17N9O4S2/c15-5-7-19-29(26,27)10-4-3-8(9-2-1-6-18-13(9)16)11(12(10)28(17,24)25)14-20-22-23-21-14/h1-4,6,19H,5,7,15H2,(H2,16,18)(H2,17,24,25)(H,20,21,22,23). The number of aromatic amines is 1. The molecule has 154 valence electrons. The highest BCUT2D eigenvalue weighted by molar-refractivity contribution is 7.92. The van der Waals surface area contributed by atoms with Crippen LogP contribution in [0.2, 0.25) is 0 Å². The Balaban J connectivity index is 2.45. The van der Waals surface area contributed by atoms with Gasteiger partial charge in [-0.1, -0.05) is 6.07 Å². The van der Waals surface area contributed by atoms with Gasteiger partial charge in [0.25, 0.3) is 0 Å². The van der Waals surface area contributed by atoms with Gasteiger partial charge < -0.3 is 11.5 Å². The van der Waals surface area contributed by atoms with Gasteiger partial charge in [0, 0.05) is 24.8 Å². The molecule has 0 spiro atoms. The van der Waals surface area contributed by atoms with E-state index in [0.717, 1.165) is 6.07 Å². The van der Waals surface area contributed by atoms with Crippen LogP contribution in [0, 0.1) is 0 Å². The van der Waals surface area contributed by atoms with Gasteiger partial charge in [-0.2, -0.15) is 5.21 Å². The van der Waals surface area contributed by atoms with E-state index < -0.39 is 29.8 Å². The lowest BCUT2D eigenvalue weighted by Gasteiger charge is -2.17. The van der Waals surface area contributed by atoms with Crippen LogP contribution in [-0.4, -0.2) is 55.5 Å². The van der Waals surface area contributed by atoms with Crippen LogP contribution in [0.15, 0.2) is 40.3 Å². The minimum Gasteiger partial charge on any atom is -0.383 e. The molecule has 1 aromatic carbocycles. The highest BCUT2D eigenvalue weighted by Crippen LogP contribution is 2.39. The van der Waals surface area contributed by atoms with Crippen LogP contribution < -0.4 is 21.3 Å². The average Bonchev–Trinajstić information content (AvgIpc) is 3.19. The minimum absolute atomic E-state index is 0.00589. The smallest absolute Gasteiger partial charge is 0.241 e. The lowest BCUT2D eigenvalue weighted by atomic mass is 9.99. The molecule has 13 nitrogen and oxygen atoms in total. The van der Waals surface area contributed by atoms with Gasteiger partial charge in [0.1, 0.15) is 15.6 Å². The third-order valence-electron chi connectivity index (χ3n) is 3.83. The molecule has 8 N–H and O–H groups in total. The summed E-state index contributed by atoms with van der Waals surface area (Å²) in [5, 5.41) is 18.6. The van der Waals surface area contributed by atoms with Crippen LogP contribution in [0.3, 0.4) is 0 Å². The van der Waals surface area contributed by atoms with E-state index in [2.05, 4.69) is 30.3 Å². The molecule has 2 aromatic heterocycles. The van der Waals surface area contributed by atoms with Crippen molar-refractivity contribution < 1.29 is 16.8 Å². The van der Waals surface area contributed by atoms with Crippen molar-refractivity contribution in [2.75, 3.05) is 18.8 Å². The van der Waals surface area contributed by atoms with Gasteiger partial charge >= 0.3 is 0 Å². The zero-order valence-corrected chi connectivity index (χ0v) is 16.4. The van der Waals surface area contributed by atoms with Gasteiger partial charge in [-0.05, 0) is 29.0 Å². The number of primary sulfonamides is 1. The first-order chi connectivity index (χ1) is 13.7. The third-order valence-corrected chi connectivity index (χ3v) is 6.46. The van der Waals surface area contributed by atoms with Crippen LogP contribution in [0.25, 0.3) is 22.5 Å². The van der Waals surface area contributed by atoms with Crippen LogP contribution >= 0.6 is 0 Å². The number of sulfonamides is 2. The predicted molar refractivity (Wildman–Crippen MR) is 103 cm³/mol. The summed E-state index contributed by atoms with van der Waals surface area (Å²) in [5.74, 6) is -0.113. The largest absolute Gasteiger partial charge is 0.383 e. The number of hydrogen-bond donors (Lipinski definition) is 5. The predicted octanol–water partition coefficient (Wildman–Crippen LogP) is -1.60. The van der Waals surface area contributed by atoms with Gasteiger partial charge in [0.2, 0.25) is 25.9 Å². The van der Waals surface area contributed by atoms with Crippen LogP contribution in [0.4, 0.5) is 5.82 Å². The van der Waals surface area contributed by atoms with E-state index in [1.54, 1.807) is 12.1 Å². The number of pyridine rings is 1. The van der Waals surface area contributed by atoms with E-state index >= 15 is 0 Å². The van der Waals surface area contributed by atoms with Crippen molar-refractivity contribution in [1.82, 2.24) is 30.3 Å². The van der Waals surface area contributed by atoms with Crippen molar-refractivity contribution in [2.24, 2.45) is 10.9 Å². The van der Waals surface area contributed by atoms with Crippen molar-refractivity contribution in [2.45, 2.75) is 9.79 Å². The normalized spacial score (nSPS) is 12.2. The van der Waals surface area contributed by atoms with Gasteiger partial charge in [-0.3, -0.25) is 0 Å². The molecule has 29 heavy (non-hydrogen) atoms. The van der Waals surface area contributed by atoms with Gasteiger partial charge in [-0.25, -0.2) is 31.7 Å². The van der Waals surface area contributed by atoms with Crippen LogP contribution in [0.5, 0.6) is 0 Å². The summed E-state index contributed by atoms with van der Waals surface area (Å²) in [6, 6.07) is 5.62. The topological polar surface area (TPSA) is 226 Å². The molecule has 2 heterocycles. The molecule has 0 radical (unpaired) electrons. The minimum atomic E-state index is -4.57. The number of anilines is 1. The lowest BCUT2D eigenvalue weighted by Crippen LogP contribution is -2.31. The Morgan fingerprint density at radius 3 is 2.45 bits per heavy atom. The number of aromatic nitrogens is 5. The number of tetrazole rings is 1. The molecule has 0 aliphatic heterocycles. The molecular formula is C14H17N9O4S2. The van der Waals surface area contributed by atoms with E-state index in [0.29, 0.717) is 5.56 Å². The molecule has 0 saturated carbocycles. The Labute approximate surface area is 165 Å². The number of nitrogens with two attached hydrogens (primary N) is 3. The number of nitrogens with zero attached hydrogens (tertiary/aromatic N) is 4. The molecule has 0 aliphatic carbocycles. The fourth-order valence-corrected chi connectivity index (χ4v) is 5.34. The second-order valence-corrected chi connectivity index (χ2v) is 8.95. The summed E-state index contributed by atoms with van der Waals surface area (Å²) < 4.78 is 52.6. The maximum atomic E-state index is 12.7. The monoisotopic (exact) mass is 439 g/mol. The number of nitrogen functional groups attached to an aromatic ring is 1. The summed E-state index contributed by atoms with van der Waals surface area (Å²) >= 11 is 0. The van der Waals surface area contributed by atoms with E-state index in [1.165, 1.54) is 12.3 Å². The molecule has 0 fully saturated rings. The second kappa shape index (κ2) is 7.80. The zero-order valence-electron chi connectivity index (χ0n) is 14.8. The molecular weight excluding hydrogens is 422 g/mol. The van der Waals surface area contributed by atoms with Gasteiger partial charge in [0.15, 0.2) is 0 Å². The molecule has 0 aliphatic rings. The molecule has 0 unspecified atom stereocenters.